The van der Waals surface area contributed by atoms with Gasteiger partial charge in [-0.1, -0.05) is 121 Å². The third kappa shape index (κ3) is 4.29. The lowest BCUT2D eigenvalue weighted by molar-refractivity contribution is 0.316. The number of benzene rings is 4. The first kappa shape index (κ1) is 25.2. The van der Waals surface area contributed by atoms with Gasteiger partial charge >= 0.3 is 6.92 Å². The predicted molar refractivity (Wildman–Crippen MR) is 173 cm³/mol. The molecule has 2 atom stereocenters. The van der Waals surface area contributed by atoms with E-state index in [0.717, 1.165) is 25.9 Å². The van der Waals surface area contributed by atoms with E-state index in [9.17, 15) is 0 Å². The third-order valence-electron chi connectivity index (χ3n) is 9.76. The number of piperidine rings is 2. The van der Waals surface area contributed by atoms with E-state index in [4.69, 9.17) is 4.65 Å². The molecule has 2 unspecified atom stereocenters. The van der Waals surface area contributed by atoms with Gasteiger partial charge in [-0.05, 0) is 77.4 Å². The summed E-state index contributed by atoms with van der Waals surface area (Å²) in [4.78, 5) is 0. The smallest absolute Gasteiger partial charge is 0.427 e. The Balaban J connectivity index is 1.35. The van der Waals surface area contributed by atoms with Crippen molar-refractivity contribution < 1.29 is 4.65 Å². The van der Waals surface area contributed by atoms with Gasteiger partial charge in [0.2, 0.25) is 6.71 Å². The van der Waals surface area contributed by atoms with Crippen molar-refractivity contribution in [3.05, 3.63) is 108 Å². The fraction of sp³-hybridized carbons (Fsp3) is 0.278. The van der Waals surface area contributed by atoms with Gasteiger partial charge in [-0.25, -0.2) is 0 Å². The van der Waals surface area contributed by atoms with Crippen LogP contribution in [0.4, 0.5) is 0 Å². The van der Waals surface area contributed by atoms with Crippen LogP contribution in [0, 0.1) is 0 Å². The first-order valence-electron chi connectivity index (χ1n) is 15.6. The molecule has 0 bridgehead atoms. The summed E-state index contributed by atoms with van der Waals surface area (Å²) in [5.41, 5.74) is 12.2. The standard InChI is InChI=1S/C36H36B2N2O/c1-5-17-29-25(13-1)26-14-2-6-18-30(26)37(29)35(33-21-9-11-23-39-33)36(34-22-10-12-24-40-34)41-38-31-19-7-3-15-27(31)28-16-4-8-20-32(28)38/h1-8,13-20,33-34,39-40H,9-12,21-24H2/b36-35+. The molecule has 0 saturated carbocycles. The maximum absolute atomic E-state index is 7.54. The van der Waals surface area contributed by atoms with E-state index in [0.29, 0.717) is 6.04 Å². The maximum Gasteiger partial charge on any atom is 0.427 e. The molecule has 4 heterocycles. The average Bonchev–Trinajstić information content (AvgIpc) is 3.55. The Bertz CT molecular complexity index is 1530. The van der Waals surface area contributed by atoms with Crippen LogP contribution in [0.5, 0.6) is 0 Å². The van der Waals surface area contributed by atoms with Crippen molar-refractivity contribution in [2.24, 2.45) is 0 Å². The van der Waals surface area contributed by atoms with Crippen LogP contribution in [-0.2, 0) is 4.65 Å². The van der Waals surface area contributed by atoms with Crippen LogP contribution in [0.3, 0.4) is 0 Å². The van der Waals surface area contributed by atoms with Crippen LogP contribution in [0.2, 0.25) is 0 Å². The lowest BCUT2D eigenvalue weighted by Gasteiger charge is -2.36. The lowest BCUT2D eigenvalue weighted by Crippen LogP contribution is -2.53. The Labute approximate surface area is 244 Å². The van der Waals surface area contributed by atoms with Gasteiger partial charge in [-0.2, -0.15) is 0 Å². The van der Waals surface area contributed by atoms with Crippen LogP contribution >= 0.6 is 0 Å². The van der Waals surface area contributed by atoms with Crippen molar-refractivity contribution in [1.82, 2.24) is 10.6 Å². The average molecular weight is 534 g/mol. The Morgan fingerprint density at radius 2 is 0.976 bits per heavy atom. The molecule has 0 amide bonds. The van der Waals surface area contributed by atoms with E-state index in [2.05, 4.69) is 108 Å². The van der Waals surface area contributed by atoms with Crippen LogP contribution in [-0.4, -0.2) is 38.8 Å². The Morgan fingerprint density at radius 1 is 0.537 bits per heavy atom. The van der Waals surface area contributed by atoms with Crippen LogP contribution in [0.25, 0.3) is 22.3 Å². The number of fused-ring (bicyclic) bond motifs is 6. The first-order chi connectivity index (χ1) is 20.4. The number of nitrogens with one attached hydrogen (secondary N) is 2. The lowest BCUT2D eigenvalue weighted by atomic mass is 9.36. The number of rotatable bonds is 5. The highest BCUT2D eigenvalue weighted by Gasteiger charge is 2.43. The molecular weight excluding hydrogens is 498 g/mol. The van der Waals surface area contributed by atoms with Gasteiger partial charge in [-0.3, -0.25) is 0 Å². The van der Waals surface area contributed by atoms with Crippen molar-refractivity contribution in [3.8, 4) is 22.3 Å². The van der Waals surface area contributed by atoms with Gasteiger partial charge in [-0.15, -0.1) is 0 Å². The summed E-state index contributed by atoms with van der Waals surface area (Å²) in [6, 6.07) is 36.3. The van der Waals surface area contributed by atoms with E-state index in [1.807, 2.05) is 0 Å². The minimum Gasteiger partial charge on any atom is -0.554 e. The molecule has 0 aromatic heterocycles. The van der Waals surface area contributed by atoms with Crippen LogP contribution in [0.1, 0.15) is 38.5 Å². The van der Waals surface area contributed by atoms with Gasteiger partial charge < -0.3 is 15.3 Å². The van der Waals surface area contributed by atoms with E-state index < -0.39 is 0 Å². The van der Waals surface area contributed by atoms with Crippen LogP contribution in [0.15, 0.2) is 108 Å². The van der Waals surface area contributed by atoms with Crippen molar-refractivity contribution >= 4 is 35.5 Å². The fourth-order valence-corrected chi connectivity index (χ4v) is 7.91. The van der Waals surface area contributed by atoms with Crippen molar-refractivity contribution in [1.29, 1.82) is 0 Å². The fourth-order valence-electron chi connectivity index (χ4n) is 7.91. The summed E-state index contributed by atoms with van der Waals surface area (Å²) in [7, 11) is 0. The highest BCUT2D eigenvalue weighted by atomic mass is 16.4. The van der Waals surface area contributed by atoms with Gasteiger partial charge in [0.05, 0.1) is 11.8 Å². The van der Waals surface area contributed by atoms with Crippen LogP contribution < -0.4 is 32.5 Å². The zero-order valence-electron chi connectivity index (χ0n) is 23.6. The highest BCUT2D eigenvalue weighted by Crippen LogP contribution is 2.33. The molecule has 5 heteroatoms. The molecule has 202 valence electrons. The second-order valence-corrected chi connectivity index (χ2v) is 12.1. The largest absolute Gasteiger partial charge is 0.554 e. The van der Waals surface area contributed by atoms with E-state index in [-0.39, 0.29) is 19.7 Å². The Kier molecular flexibility index (Phi) is 6.58. The summed E-state index contributed by atoms with van der Waals surface area (Å²) in [6.45, 7) is 2.18. The molecule has 0 aliphatic carbocycles. The van der Waals surface area contributed by atoms with Gasteiger partial charge in [0, 0.05) is 6.04 Å². The number of hydrogen-bond donors (Lipinski definition) is 2. The summed E-state index contributed by atoms with van der Waals surface area (Å²) < 4.78 is 7.54. The molecule has 2 saturated heterocycles. The summed E-state index contributed by atoms with van der Waals surface area (Å²) >= 11 is 0. The molecule has 2 N–H and O–H groups in total. The Hall–Kier alpha value is -3.53. The van der Waals surface area contributed by atoms with Gasteiger partial charge in [0.15, 0.2) is 0 Å². The zero-order valence-corrected chi connectivity index (χ0v) is 23.6. The molecule has 41 heavy (non-hydrogen) atoms. The normalized spacial score (nSPS) is 21.5. The SMILES string of the molecule is c1ccc2c(c1)B(O/C(=C(/B1c3ccccc3-c3ccccc31)C1CCCCN1)C1CCCCN1)c1ccccc1-2. The molecule has 4 aliphatic heterocycles. The molecule has 0 radical (unpaired) electrons. The zero-order chi connectivity index (χ0) is 27.2. The molecule has 3 nitrogen and oxygen atoms in total. The molecule has 8 rings (SSSR count). The third-order valence-corrected chi connectivity index (χ3v) is 9.76. The second kappa shape index (κ2) is 10.7. The van der Waals surface area contributed by atoms with Crippen molar-refractivity contribution in [2.45, 2.75) is 50.6 Å². The quantitative estimate of drug-likeness (QED) is 0.298. The summed E-state index contributed by atoms with van der Waals surface area (Å²) in [5.74, 6) is 1.18. The minimum atomic E-state index is -0.105. The molecule has 4 aromatic carbocycles. The van der Waals surface area contributed by atoms with E-state index in [1.54, 1.807) is 0 Å². The molecule has 4 aliphatic rings. The highest BCUT2D eigenvalue weighted by molar-refractivity contribution is 6.95. The maximum atomic E-state index is 7.54. The molecule has 4 aromatic rings. The minimum absolute atomic E-state index is 0.105. The van der Waals surface area contributed by atoms with Gasteiger partial charge in [0.25, 0.3) is 0 Å². The molecule has 0 spiro atoms. The van der Waals surface area contributed by atoms with E-state index in [1.165, 1.54) is 81.0 Å². The van der Waals surface area contributed by atoms with E-state index >= 15 is 0 Å². The monoisotopic (exact) mass is 534 g/mol. The number of hydrogen-bond acceptors (Lipinski definition) is 3. The van der Waals surface area contributed by atoms with Crippen molar-refractivity contribution in [3.63, 3.8) is 0 Å². The van der Waals surface area contributed by atoms with Crippen molar-refractivity contribution in [2.75, 3.05) is 13.1 Å². The van der Waals surface area contributed by atoms with Gasteiger partial charge in [0.1, 0.15) is 0 Å². The predicted octanol–water partition coefficient (Wildman–Crippen LogP) is 4.16. The topological polar surface area (TPSA) is 33.3 Å². The molecule has 2 fully saturated rings. The first-order valence-corrected chi connectivity index (χ1v) is 15.6. The second-order valence-electron chi connectivity index (χ2n) is 12.1. The summed E-state index contributed by atoms with van der Waals surface area (Å²) in [6.07, 6.45) is 7.20. The molecular formula is C36H36B2N2O. The summed E-state index contributed by atoms with van der Waals surface area (Å²) in [5, 5.41) is 7.90. The Morgan fingerprint density at radius 3 is 1.46 bits per heavy atom.